The molecule has 0 atom stereocenters. The molecule has 114 valence electrons. The number of aromatic nitrogens is 1. The summed E-state index contributed by atoms with van der Waals surface area (Å²) in [5, 5.41) is 12.2. The van der Waals surface area contributed by atoms with E-state index in [2.05, 4.69) is 55.2 Å². The van der Waals surface area contributed by atoms with Crippen LogP contribution in [0.15, 0.2) is 18.3 Å². The smallest absolute Gasteiger partial charge is 0.128 e. The number of nitrogens with zero attached hydrogens (tertiary/aromatic N) is 2. The zero-order chi connectivity index (χ0) is 15.0. The maximum atomic E-state index is 8.75. The van der Waals surface area contributed by atoms with Crippen molar-refractivity contribution >= 4 is 5.82 Å². The van der Waals surface area contributed by atoms with Gasteiger partial charge < -0.3 is 15.3 Å². The van der Waals surface area contributed by atoms with Gasteiger partial charge in [-0.1, -0.05) is 6.07 Å². The third kappa shape index (κ3) is 6.87. The van der Waals surface area contributed by atoms with Gasteiger partial charge in [-0.3, -0.25) is 0 Å². The van der Waals surface area contributed by atoms with Gasteiger partial charge >= 0.3 is 0 Å². The average Bonchev–Trinajstić information content (AvgIpc) is 2.41. The van der Waals surface area contributed by atoms with Crippen molar-refractivity contribution in [1.82, 2.24) is 10.3 Å². The van der Waals surface area contributed by atoms with E-state index in [1.165, 1.54) is 5.56 Å². The maximum Gasteiger partial charge on any atom is 0.128 e. The van der Waals surface area contributed by atoms with Gasteiger partial charge in [0.25, 0.3) is 0 Å². The van der Waals surface area contributed by atoms with Gasteiger partial charge in [-0.2, -0.15) is 0 Å². The van der Waals surface area contributed by atoms with E-state index >= 15 is 0 Å². The van der Waals surface area contributed by atoms with Crippen LogP contribution in [0.4, 0.5) is 5.82 Å². The van der Waals surface area contributed by atoms with Crippen LogP contribution >= 0.6 is 0 Å². The summed E-state index contributed by atoms with van der Waals surface area (Å²) < 4.78 is 0. The van der Waals surface area contributed by atoms with Crippen LogP contribution < -0.4 is 10.2 Å². The Morgan fingerprint density at radius 2 is 1.95 bits per heavy atom. The molecule has 0 aliphatic rings. The number of unbranched alkanes of at least 4 members (excludes halogenated alkanes) is 2. The van der Waals surface area contributed by atoms with Gasteiger partial charge in [0.2, 0.25) is 0 Å². The van der Waals surface area contributed by atoms with E-state index in [-0.39, 0.29) is 12.1 Å². The van der Waals surface area contributed by atoms with Crippen molar-refractivity contribution in [3.63, 3.8) is 0 Å². The summed E-state index contributed by atoms with van der Waals surface area (Å²) >= 11 is 0. The molecule has 1 aromatic rings. The van der Waals surface area contributed by atoms with Crippen LogP contribution in [-0.4, -0.2) is 35.8 Å². The highest BCUT2D eigenvalue weighted by Crippen LogP contribution is 2.11. The molecule has 0 bridgehead atoms. The van der Waals surface area contributed by atoms with Crippen LogP contribution in [0.3, 0.4) is 0 Å². The molecule has 0 fully saturated rings. The number of aliphatic hydroxyl groups excluding tert-OH is 1. The standard InChI is InChI=1S/C16H29N3O/c1-16(2,3)18-13-14-8-9-15(17-12-14)19(4)10-6-5-7-11-20/h8-9,12,18,20H,5-7,10-11,13H2,1-4H3. The van der Waals surface area contributed by atoms with Crippen LogP contribution in [-0.2, 0) is 6.54 Å². The Morgan fingerprint density at radius 3 is 2.50 bits per heavy atom. The zero-order valence-corrected chi connectivity index (χ0v) is 13.3. The molecule has 0 aromatic carbocycles. The summed E-state index contributed by atoms with van der Waals surface area (Å²) in [4.78, 5) is 6.68. The average molecular weight is 279 g/mol. The Labute approximate surface area is 123 Å². The molecule has 1 aromatic heterocycles. The molecule has 4 heteroatoms. The van der Waals surface area contributed by atoms with E-state index in [9.17, 15) is 0 Å². The van der Waals surface area contributed by atoms with E-state index in [0.29, 0.717) is 0 Å². The number of anilines is 1. The highest BCUT2D eigenvalue weighted by Gasteiger charge is 2.08. The largest absolute Gasteiger partial charge is 0.396 e. The van der Waals surface area contributed by atoms with E-state index in [1.807, 2.05) is 6.20 Å². The summed E-state index contributed by atoms with van der Waals surface area (Å²) in [5.74, 6) is 1.01. The van der Waals surface area contributed by atoms with Gasteiger partial charge in [-0.15, -0.1) is 0 Å². The molecule has 0 radical (unpaired) electrons. The lowest BCUT2D eigenvalue weighted by molar-refractivity contribution is 0.283. The van der Waals surface area contributed by atoms with Gasteiger partial charge in [0.05, 0.1) is 0 Å². The van der Waals surface area contributed by atoms with E-state index in [1.54, 1.807) is 0 Å². The third-order valence-corrected chi connectivity index (χ3v) is 3.17. The summed E-state index contributed by atoms with van der Waals surface area (Å²) in [5.41, 5.74) is 1.33. The molecule has 0 aliphatic carbocycles. The van der Waals surface area contributed by atoms with Crippen molar-refractivity contribution in [2.75, 3.05) is 25.1 Å². The molecule has 1 rings (SSSR count). The van der Waals surface area contributed by atoms with Crippen molar-refractivity contribution in [2.45, 2.75) is 52.1 Å². The van der Waals surface area contributed by atoms with Crippen molar-refractivity contribution in [3.05, 3.63) is 23.9 Å². The Balaban J connectivity index is 2.41. The quantitative estimate of drug-likeness (QED) is 0.718. The second-order valence-electron chi connectivity index (χ2n) is 6.33. The molecule has 0 amide bonds. The monoisotopic (exact) mass is 279 g/mol. The van der Waals surface area contributed by atoms with Gasteiger partial charge in [0.15, 0.2) is 0 Å². The number of rotatable bonds is 8. The second-order valence-corrected chi connectivity index (χ2v) is 6.33. The minimum atomic E-state index is 0.127. The molecule has 20 heavy (non-hydrogen) atoms. The van der Waals surface area contributed by atoms with E-state index in [4.69, 9.17) is 5.11 Å². The third-order valence-electron chi connectivity index (χ3n) is 3.17. The molecule has 0 aliphatic heterocycles. The lowest BCUT2D eigenvalue weighted by atomic mass is 10.1. The van der Waals surface area contributed by atoms with Gasteiger partial charge in [-0.05, 0) is 51.7 Å². The van der Waals surface area contributed by atoms with E-state index < -0.39 is 0 Å². The molecule has 1 heterocycles. The minimum Gasteiger partial charge on any atom is -0.396 e. The predicted molar refractivity (Wildman–Crippen MR) is 85.0 cm³/mol. The Morgan fingerprint density at radius 1 is 1.20 bits per heavy atom. The summed E-state index contributed by atoms with van der Waals surface area (Å²) in [7, 11) is 2.06. The number of nitrogens with one attached hydrogen (secondary N) is 1. The molecule has 0 saturated carbocycles. The fourth-order valence-electron chi connectivity index (χ4n) is 1.87. The first kappa shape index (κ1) is 16.9. The van der Waals surface area contributed by atoms with E-state index in [0.717, 1.165) is 38.2 Å². The predicted octanol–water partition coefficient (Wildman–Crippen LogP) is 2.57. The summed E-state index contributed by atoms with van der Waals surface area (Å²) in [6, 6.07) is 4.21. The number of pyridine rings is 1. The highest BCUT2D eigenvalue weighted by atomic mass is 16.2. The lowest BCUT2D eigenvalue weighted by Crippen LogP contribution is -2.35. The Kier molecular flexibility index (Phi) is 6.96. The number of hydrogen-bond donors (Lipinski definition) is 2. The van der Waals surface area contributed by atoms with Gasteiger partial charge in [-0.25, -0.2) is 4.98 Å². The molecule has 0 unspecified atom stereocenters. The van der Waals surface area contributed by atoms with Crippen LogP contribution in [0, 0.1) is 0 Å². The van der Waals surface area contributed by atoms with Crippen LogP contribution in [0.1, 0.15) is 45.6 Å². The topological polar surface area (TPSA) is 48.4 Å². The first-order chi connectivity index (χ1) is 9.42. The van der Waals surface area contributed by atoms with Crippen molar-refractivity contribution in [1.29, 1.82) is 0 Å². The second kappa shape index (κ2) is 8.22. The zero-order valence-electron chi connectivity index (χ0n) is 13.3. The Bertz CT molecular complexity index is 370. The molecular formula is C16H29N3O. The maximum absolute atomic E-state index is 8.75. The van der Waals surface area contributed by atoms with Crippen LogP contribution in [0.25, 0.3) is 0 Å². The van der Waals surface area contributed by atoms with Crippen LogP contribution in [0.5, 0.6) is 0 Å². The molecule has 4 nitrogen and oxygen atoms in total. The summed E-state index contributed by atoms with van der Waals surface area (Å²) in [6.07, 6.45) is 4.98. The SMILES string of the molecule is CN(CCCCCO)c1ccc(CNC(C)(C)C)cn1. The number of hydrogen-bond acceptors (Lipinski definition) is 4. The first-order valence-corrected chi connectivity index (χ1v) is 7.44. The minimum absolute atomic E-state index is 0.127. The fourth-order valence-corrected chi connectivity index (χ4v) is 1.87. The number of aliphatic hydroxyl groups is 1. The lowest BCUT2D eigenvalue weighted by Gasteiger charge is -2.21. The molecule has 2 N–H and O–H groups in total. The van der Waals surface area contributed by atoms with Gasteiger partial charge in [0, 0.05) is 38.5 Å². The molecular weight excluding hydrogens is 250 g/mol. The summed E-state index contributed by atoms with van der Waals surface area (Å²) in [6.45, 7) is 8.60. The first-order valence-electron chi connectivity index (χ1n) is 7.44. The molecule has 0 spiro atoms. The van der Waals surface area contributed by atoms with Crippen molar-refractivity contribution in [2.24, 2.45) is 0 Å². The molecule has 0 saturated heterocycles. The van der Waals surface area contributed by atoms with Crippen molar-refractivity contribution in [3.8, 4) is 0 Å². The van der Waals surface area contributed by atoms with Crippen molar-refractivity contribution < 1.29 is 5.11 Å². The van der Waals surface area contributed by atoms with Crippen LogP contribution in [0.2, 0.25) is 0 Å². The van der Waals surface area contributed by atoms with Gasteiger partial charge in [0.1, 0.15) is 5.82 Å². The fraction of sp³-hybridized carbons (Fsp3) is 0.688. The normalized spacial score (nSPS) is 11.7. The Hall–Kier alpha value is -1.13. The highest BCUT2D eigenvalue weighted by molar-refractivity contribution is 5.38.